The Morgan fingerprint density at radius 1 is 1.56 bits per heavy atom. The molecule has 1 fully saturated rings. The first-order valence-corrected chi connectivity index (χ1v) is 7.57. The van der Waals surface area contributed by atoms with E-state index in [1.165, 1.54) is 0 Å². The van der Waals surface area contributed by atoms with Crippen LogP contribution in [0.15, 0.2) is 6.33 Å². The van der Waals surface area contributed by atoms with Crippen molar-refractivity contribution in [3.05, 3.63) is 12.2 Å². The summed E-state index contributed by atoms with van der Waals surface area (Å²) >= 11 is 3.48. The molecule has 0 amide bonds. The molecule has 0 saturated carbocycles. The lowest BCUT2D eigenvalue weighted by atomic mass is 10.2. The van der Waals surface area contributed by atoms with Crippen molar-refractivity contribution in [3.8, 4) is 0 Å². The second-order valence-corrected chi connectivity index (χ2v) is 5.78. The van der Waals surface area contributed by atoms with E-state index in [9.17, 15) is 0 Å². The maximum Gasteiger partial charge on any atom is 0.141 e. The van der Waals surface area contributed by atoms with Crippen LogP contribution in [-0.4, -0.2) is 50.8 Å². The molecular weight excluding hydrogens is 296 g/mol. The highest BCUT2D eigenvalue weighted by molar-refractivity contribution is 9.09. The SMILES string of the molecule is CC(C)Cn1ncnc1CN1CCOC(CBr)C1. The van der Waals surface area contributed by atoms with Gasteiger partial charge in [-0.3, -0.25) is 4.90 Å². The molecule has 0 spiro atoms. The largest absolute Gasteiger partial charge is 0.375 e. The molecule has 0 bridgehead atoms. The lowest BCUT2D eigenvalue weighted by Gasteiger charge is -2.31. The van der Waals surface area contributed by atoms with Crippen LogP contribution in [0.4, 0.5) is 0 Å². The molecule has 1 unspecified atom stereocenters. The minimum Gasteiger partial charge on any atom is -0.375 e. The number of ether oxygens (including phenoxy) is 1. The average molecular weight is 317 g/mol. The van der Waals surface area contributed by atoms with Crippen molar-refractivity contribution in [2.75, 3.05) is 25.0 Å². The van der Waals surface area contributed by atoms with Gasteiger partial charge in [-0.25, -0.2) is 9.67 Å². The van der Waals surface area contributed by atoms with Crippen LogP contribution in [0.1, 0.15) is 19.7 Å². The fourth-order valence-corrected chi connectivity index (χ4v) is 2.52. The van der Waals surface area contributed by atoms with E-state index in [1.807, 2.05) is 4.68 Å². The summed E-state index contributed by atoms with van der Waals surface area (Å²) in [6.07, 6.45) is 1.94. The number of hydrogen-bond acceptors (Lipinski definition) is 4. The fourth-order valence-electron chi connectivity index (χ4n) is 2.13. The highest BCUT2D eigenvalue weighted by atomic mass is 79.9. The zero-order valence-corrected chi connectivity index (χ0v) is 12.6. The summed E-state index contributed by atoms with van der Waals surface area (Å²) in [6.45, 7) is 8.91. The number of halogens is 1. The number of aromatic nitrogens is 3. The van der Waals surface area contributed by atoms with E-state index >= 15 is 0 Å². The maximum atomic E-state index is 5.64. The Morgan fingerprint density at radius 3 is 3.11 bits per heavy atom. The summed E-state index contributed by atoms with van der Waals surface area (Å²) in [5, 5.41) is 5.19. The van der Waals surface area contributed by atoms with Gasteiger partial charge < -0.3 is 4.74 Å². The molecule has 18 heavy (non-hydrogen) atoms. The Bertz CT molecular complexity index is 369. The zero-order chi connectivity index (χ0) is 13.0. The first kappa shape index (κ1) is 14.0. The molecule has 102 valence electrons. The van der Waals surface area contributed by atoms with Crippen LogP contribution in [0.25, 0.3) is 0 Å². The van der Waals surface area contributed by atoms with Crippen LogP contribution in [0.5, 0.6) is 0 Å². The van der Waals surface area contributed by atoms with Crippen LogP contribution >= 0.6 is 15.9 Å². The summed E-state index contributed by atoms with van der Waals surface area (Å²) < 4.78 is 7.66. The van der Waals surface area contributed by atoms with E-state index < -0.39 is 0 Å². The zero-order valence-electron chi connectivity index (χ0n) is 11.0. The van der Waals surface area contributed by atoms with Crippen LogP contribution in [0.2, 0.25) is 0 Å². The molecule has 0 N–H and O–H groups in total. The molecular formula is C12H21BrN4O. The molecule has 6 heteroatoms. The number of rotatable bonds is 5. The average Bonchev–Trinajstić information content (AvgIpc) is 2.76. The Labute approximate surface area is 117 Å². The molecule has 1 aliphatic rings. The highest BCUT2D eigenvalue weighted by Crippen LogP contribution is 2.11. The van der Waals surface area contributed by atoms with Gasteiger partial charge in [0.2, 0.25) is 0 Å². The van der Waals surface area contributed by atoms with Crippen molar-refractivity contribution >= 4 is 15.9 Å². The summed E-state index contributed by atoms with van der Waals surface area (Å²) in [6, 6.07) is 0. The lowest BCUT2D eigenvalue weighted by Crippen LogP contribution is -2.43. The monoisotopic (exact) mass is 316 g/mol. The van der Waals surface area contributed by atoms with Gasteiger partial charge in [-0.1, -0.05) is 29.8 Å². The van der Waals surface area contributed by atoms with Crippen molar-refractivity contribution in [1.29, 1.82) is 0 Å². The quantitative estimate of drug-likeness (QED) is 0.773. The molecule has 5 nitrogen and oxygen atoms in total. The number of alkyl halides is 1. The van der Waals surface area contributed by atoms with Gasteiger partial charge in [0.15, 0.2) is 0 Å². The maximum absolute atomic E-state index is 5.64. The minimum atomic E-state index is 0.292. The van der Waals surface area contributed by atoms with Crippen LogP contribution < -0.4 is 0 Å². The first-order valence-electron chi connectivity index (χ1n) is 6.45. The van der Waals surface area contributed by atoms with E-state index in [2.05, 4.69) is 44.8 Å². The van der Waals surface area contributed by atoms with Crippen LogP contribution in [-0.2, 0) is 17.8 Å². The van der Waals surface area contributed by atoms with Gasteiger partial charge in [0.25, 0.3) is 0 Å². The third kappa shape index (κ3) is 3.76. The molecule has 0 radical (unpaired) electrons. The van der Waals surface area contributed by atoms with Crippen molar-refractivity contribution in [2.45, 2.75) is 33.0 Å². The summed E-state index contributed by atoms with van der Waals surface area (Å²) in [7, 11) is 0. The van der Waals surface area contributed by atoms with Gasteiger partial charge in [-0.15, -0.1) is 0 Å². The van der Waals surface area contributed by atoms with Gasteiger partial charge in [0.1, 0.15) is 12.2 Å². The standard InChI is InChI=1S/C12H21BrN4O/c1-10(2)6-17-12(14-9-15-17)8-16-3-4-18-11(5-13)7-16/h9-11H,3-8H2,1-2H3. The molecule has 1 saturated heterocycles. The summed E-state index contributed by atoms with van der Waals surface area (Å²) in [4.78, 5) is 6.76. The second kappa shape index (κ2) is 6.63. The Morgan fingerprint density at radius 2 is 2.39 bits per heavy atom. The smallest absolute Gasteiger partial charge is 0.141 e. The summed E-state index contributed by atoms with van der Waals surface area (Å²) in [5.41, 5.74) is 0. The van der Waals surface area contributed by atoms with E-state index in [0.717, 1.165) is 43.9 Å². The normalized spacial score (nSPS) is 21.7. The van der Waals surface area contributed by atoms with Gasteiger partial charge in [-0.2, -0.15) is 5.10 Å². The molecule has 1 aliphatic heterocycles. The molecule has 1 atom stereocenters. The fraction of sp³-hybridized carbons (Fsp3) is 0.833. The third-order valence-corrected chi connectivity index (χ3v) is 3.72. The van der Waals surface area contributed by atoms with Gasteiger partial charge in [0.05, 0.1) is 19.3 Å². The Hall–Kier alpha value is -0.460. The topological polar surface area (TPSA) is 43.2 Å². The molecule has 2 rings (SSSR count). The molecule has 1 aromatic heterocycles. The van der Waals surface area contributed by atoms with Crippen molar-refractivity contribution < 1.29 is 4.74 Å². The highest BCUT2D eigenvalue weighted by Gasteiger charge is 2.21. The van der Waals surface area contributed by atoms with E-state index in [4.69, 9.17) is 4.74 Å². The lowest BCUT2D eigenvalue weighted by molar-refractivity contribution is -0.0194. The van der Waals surface area contributed by atoms with E-state index in [-0.39, 0.29) is 0 Å². The predicted octanol–water partition coefficient (Wildman–Crippen LogP) is 1.53. The van der Waals surface area contributed by atoms with Gasteiger partial charge in [0, 0.05) is 25.0 Å². The molecule has 0 aromatic carbocycles. The number of morpholine rings is 1. The first-order chi connectivity index (χ1) is 8.69. The van der Waals surface area contributed by atoms with Crippen molar-refractivity contribution in [3.63, 3.8) is 0 Å². The minimum absolute atomic E-state index is 0.292. The van der Waals surface area contributed by atoms with Gasteiger partial charge >= 0.3 is 0 Å². The number of hydrogen-bond donors (Lipinski definition) is 0. The third-order valence-electron chi connectivity index (χ3n) is 2.99. The molecule has 1 aromatic rings. The second-order valence-electron chi connectivity index (χ2n) is 5.13. The van der Waals surface area contributed by atoms with E-state index in [0.29, 0.717) is 12.0 Å². The van der Waals surface area contributed by atoms with Gasteiger partial charge in [-0.05, 0) is 5.92 Å². The van der Waals surface area contributed by atoms with E-state index in [1.54, 1.807) is 6.33 Å². The number of nitrogens with zero attached hydrogens (tertiary/aromatic N) is 4. The van der Waals surface area contributed by atoms with Crippen LogP contribution in [0.3, 0.4) is 0 Å². The Kier molecular flexibility index (Phi) is 5.14. The summed E-state index contributed by atoms with van der Waals surface area (Å²) in [5.74, 6) is 1.64. The van der Waals surface area contributed by atoms with Crippen molar-refractivity contribution in [2.24, 2.45) is 5.92 Å². The predicted molar refractivity (Wildman–Crippen MR) is 73.7 cm³/mol. The van der Waals surface area contributed by atoms with Crippen molar-refractivity contribution in [1.82, 2.24) is 19.7 Å². The molecule has 2 heterocycles. The van der Waals surface area contributed by atoms with Crippen LogP contribution in [0, 0.1) is 5.92 Å². The molecule has 0 aliphatic carbocycles. The Balaban J connectivity index is 1.94.